The molecule has 0 N–H and O–H groups in total. The highest BCUT2D eigenvalue weighted by Gasteiger charge is 2.15. The Kier molecular flexibility index (Phi) is 2.15. The van der Waals surface area contributed by atoms with Crippen LogP contribution in [0.2, 0.25) is 0 Å². The smallest absolute Gasteiger partial charge is 0.150 e. The van der Waals surface area contributed by atoms with E-state index < -0.39 is 0 Å². The highest BCUT2D eigenvalue weighted by Crippen LogP contribution is 2.20. The van der Waals surface area contributed by atoms with Gasteiger partial charge in [-0.2, -0.15) is 0 Å². The predicted molar refractivity (Wildman–Crippen MR) is 51.9 cm³/mol. The molecule has 0 amide bonds. The Morgan fingerprint density at radius 2 is 2.31 bits per heavy atom. The molecule has 1 heterocycles. The molecule has 13 heavy (non-hydrogen) atoms. The molecular weight excluding hydrogens is 162 g/mol. The van der Waals surface area contributed by atoms with Gasteiger partial charge in [-0.1, -0.05) is 18.2 Å². The Balaban J connectivity index is 2.46. The number of fused-ring (bicyclic) bond motifs is 1. The van der Waals surface area contributed by atoms with Crippen LogP contribution in [0.25, 0.3) is 0 Å². The molecule has 0 bridgehead atoms. The zero-order valence-electron chi connectivity index (χ0n) is 7.79. The molecule has 0 aromatic heterocycles. The molecule has 0 aliphatic carbocycles. The molecule has 0 spiro atoms. The van der Waals surface area contributed by atoms with Crippen LogP contribution in [0.3, 0.4) is 0 Å². The SMILES string of the molecule is CN1CCc2cccc(C=O)c2C1. The molecule has 1 aromatic rings. The molecular formula is C11H13NO. The summed E-state index contributed by atoms with van der Waals surface area (Å²) in [5, 5.41) is 0. The van der Waals surface area contributed by atoms with Gasteiger partial charge in [0.15, 0.2) is 0 Å². The lowest BCUT2D eigenvalue weighted by Crippen LogP contribution is -2.27. The Morgan fingerprint density at radius 3 is 3.08 bits per heavy atom. The zero-order chi connectivity index (χ0) is 9.26. The van der Waals surface area contributed by atoms with Gasteiger partial charge >= 0.3 is 0 Å². The lowest BCUT2D eigenvalue weighted by atomic mass is 9.96. The van der Waals surface area contributed by atoms with Crippen molar-refractivity contribution in [2.75, 3.05) is 13.6 Å². The number of hydrogen-bond donors (Lipinski definition) is 0. The summed E-state index contributed by atoms with van der Waals surface area (Å²) in [5.41, 5.74) is 3.40. The van der Waals surface area contributed by atoms with Gasteiger partial charge in [0.2, 0.25) is 0 Å². The minimum atomic E-state index is 0.851. The molecule has 1 aliphatic rings. The second kappa shape index (κ2) is 3.30. The second-order valence-electron chi connectivity index (χ2n) is 3.59. The van der Waals surface area contributed by atoms with E-state index in [1.807, 2.05) is 12.1 Å². The average molecular weight is 175 g/mol. The van der Waals surface area contributed by atoms with Crippen molar-refractivity contribution in [2.24, 2.45) is 0 Å². The monoisotopic (exact) mass is 175 g/mol. The van der Waals surface area contributed by atoms with Crippen LogP contribution in [-0.4, -0.2) is 24.8 Å². The van der Waals surface area contributed by atoms with Gasteiger partial charge in [0, 0.05) is 18.7 Å². The molecule has 1 aromatic carbocycles. The van der Waals surface area contributed by atoms with E-state index in [0.29, 0.717) is 0 Å². The van der Waals surface area contributed by atoms with Crippen LogP contribution in [0.4, 0.5) is 0 Å². The fourth-order valence-corrected chi connectivity index (χ4v) is 1.85. The van der Waals surface area contributed by atoms with Crippen LogP contribution in [-0.2, 0) is 13.0 Å². The lowest BCUT2D eigenvalue weighted by Gasteiger charge is -2.25. The van der Waals surface area contributed by atoms with E-state index in [4.69, 9.17) is 0 Å². The highest BCUT2D eigenvalue weighted by atomic mass is 16.1. The summed E-state index contributed by atoms with van der Waals surface area (Å²) in [5.74, 6) is 0. The summed E-state index contributed by atoms with van der Waals surface area (Å²) in [6.45, 7) is 2.00. The van der Waals surface area contributed by atoms with Crippen LogP contribution in [0, 0.1) is 0 Å². The molecule has 0 saturated heterocycles. The molecule has 2 nitrogen and oxygen atoms in total. The zero-order valence-corrected chi connectivity index (χ0v) is 7.79. The minimum absolute atomic E-state index is 0.851. The summed E-state index contributed by atoms with van der Waals surface area (Å²) in [6.07, 6.45) is 2.02. The predicted octanol–water partition coefficient (Wildman–Crippen LogP) is 1.49. The number of hydrogen-bond acceptors (Lipinski definition) is 2. The first kappa shape index (κ1) is 8.45. The van der Waals surface area contributed by atoms with E-state index >= 15 is 0 Å². The lowest BCUT2D eigenvalue weighted by molar-refractivity contribution is 0.112. The Morgan fingerprint density at radius 1 is 1.46 bits per heavy atom. The maximum atomic E-state index is 10.8. The van der Waals surface area contributed by atoms with E-state index in [1.54, 1.807) is 0 Å². The summed E-state index contributed by atoms with van der Waals surface area (Å²) < 4.78 is 0. The van der Waals surface area contributed by atoms with Crippen LogP contribution < -0.4 is 0 Å². The molecule has 2 heteroatoms. The molecule has 0 unspecified atom stereocenters. The van der Waals surface area contributed by atoms with Gasteiger partial charge in [0.05, 0.1) is 0 Å². The first-order valence-electron chi connectivity index (χ1n) is 4.56. The first-order valence-corrected chi connectivity index (χ1v) is 4.56. The molecule has 2 rings (SSSR count). The Bertz CT molecular complexity index is 333. The van der Waals surface area contributed by atoms with Crippen molar-refractivity contribution in [3.63, 3.8) is 0 Å². The van der Waals surface area contributed by atoms with Crippen LogP contribution in [0.1, 0.15) is 21.5 Å². The number of benzene rings is 1. The molecule has 0 atom stereocenters. The number of carbonyl (C=O) groups excluding carboxylic acids is 1. The number of likely N-dealkylation sites (N-methyl/N-ethyl adjacent to an activating group) is 1. The van der Waals surface area contributed by atoms with Gasteiger partial charge < -0.3 is 4.90 Å². The van der Waals surface area contributed by atoms with Gasteiger partial charge in [-0.05, 0) is 24.6 Å². The standard InChI is InChI=1S/C11H13NO/c1-12-6-5-9-3-2-4-10(8-13)11(9)7-12/h2-4,8H,5-7H2,1H3. The molecule has 0 radical (unpaired) electrons. The molecule has 0 saturated carbocycles. The van der Waals surface area contributed by atoms with Gasteiger partial charge in [-0.15, -0.1) is 0 Å². The number of aldehydes is 1. The number of rotatable bonds is 1. The number of nitrogens with zero attached hydrogens (tertiary/aromatic N) is 1. The van der Waals surface area contributed by atoms with E-state index in [0.717, 1.165) is 31.4 Å². The normalized spacial score (nSPS) is 16.7. The minimum Gasteiger partial charge on any atom is -0.302 e. The van der Waals surface area contributed by atoms with E-state index in [2.05, 4.69) is 18.0 Å². The Hall–Kier alpha value is -1.15. The third-order valence-electron chi connectivity index (χ3n) is 2.63. The van der Waals surface area contributed by atoms with Crippen molar-refractivity contribution in [1.82, 2.24) is 4.90 Å². The topological polar surface area (TPSA) is 20.3 Å². The second-order valence-corrected chi connectivity index (χ2v) is 3.59. The number of carbonyl (C=O) groups is 1. The fraction of sp³-hybridized carbons (Fsp3) is 0.364. The summed E-state index contributed by atoms with van der Waals surface area (Å²) in [7, 11) is 2.09. The highest BCUT2D eigenvalue weighted by molar-refractivity contribution is 5.78. The van der Waals surface area contributed by atoms with E-state index in [9.17, 15) is 4.79 Å². The van der Waals surface area contributed by atoms with Crippen LogP contribution >= 0.6 is 0 Å². The van der Waals surface area contributed by atoms with Gasteiger partial charge in [0.1, 0.15) is 6.29 Å². The van der Waals surface area contributed by atoms with Crippen molar-refractivity contribution in [3.8, 4) is 0 Å². The van der Waals surface area contributed by atoms with E-state index in [-0.39, 0.29) is 0 Å². The van der Waals surface area contributed by atoms with Crippen molar-refractivity contribution in [2.45, 2.75) is 13.0 Å². The van der Waals surface area contributed by atoms with Crippen LogP contribution in [0.15, 0.2) is 18.2 Å². The average Bonchev–Trinajstić information content (AvgIpc) is 2.17. The molecule has 68 valence electrons. The maximum Gasteiger partial charge on any atom is 0.150 e. The first-order chi connectivity index (χ1) is 6.31. The van der Waals surface area contributed by atoms with Gasteiger partial charge in [-0.3, -0.25) is 4.79 Å². The van der Waals surface area contributed by atoms with Crippen LogP contribution in [0.5, 0.6) is 0 Å². The molecule has 0 fully saturated rings. The molecule has 1 aliphatic heterocycles. The summed E-state index contributed by atoms with van der Waals surface area (Å²) in [6, 6.07) is 5.98. The van der Waals surface area contributed by atoms with Crippen molar-refractivity contribution in [1.29, 1.82) is 0 Å². The summed E-state index contributed by atoms with van der Waals surface area (Å²) >= 11 is 0. The quantitative estimate of drug-likeness (QED) is 0.603. The van der Waals surface area contributed by atoms with Gasteiger partial charge in [-0.25, -0.2) is 0 Å². The summed E-state index contributed by atoms with van der Waals surface area (Å²) in [4.78, 5) is 13.0. The largest absolute Gasteiger partial charge is 0.302 e. The Labute approximate surface area is 78.2 Å². The maximum absolute atomic E-state index is 10.8. The third kappa shape index (κ3) is 1.49. The third-order valence-corrected chi connectivity index (χ3v) is 2.63. The van der Waals surface area contributed by atoms with Crippen molar-refractivity contribution in [3.05, 3.63) is 34.9 Å². The van der Waals surface area contributed by atoms with Crippen molar-refractivity contribution < 1.29 is 4.79 Å². The van der Waals surface area contributed by atoms with Gasteiger partial charge in [0.25, 0.3) is 0 Å². The van der Waals surface area contributed by atoms with Crippen molar-refractivity contribution >= 4 is 6.29 Å². The fourth-order valence-electron chi connectivity index (χ4n) is 1.85. The van der Waals surface area contributed by atoms with E-state index in [1.165, 1.54) is 11.1 Å².